The van der Waals surface area contributed by atoms with Gasteiger partial charge in [-0.1, -0.05) is 52.0 Å². The van der Waals surface area contributed by atoms with Crippen molar-refractivity contribution in [1.82, 2.24) is 0 Å². The molecule has 1 aromatic carbocycles. The molecule has 0 aliphatic carbocycles. The third-order valence-electron chi connectivity index (χ3n) is 3.62. The Morgan fingerprint density at radius 3 is 2.10 bits per heavy atom. The molecule has 1 nitrogen and oxygen atoms in total. The van der Waals surface area contributed by atoms with Crippen molar-refractivity contribution < 1.29 is 5.11 Å². The largest absolute Gasteiger partial charge is 0.388 e. The van der Waals surface area contributed by atoms with E-state index in [0.29, 0.717) is 6.42 Å². The molecule has 0 spiro atoms. The van der Waals surface area contributed by atoms with Crippen LogP contribution < -0.4 is 0 Å². The van der Waals surface area contributed by atoms with Crippen LogP contribution in [0.4, 0.5) is 0 Å². The average molecular weight is 288 g/mol. The lowest BCUT2D eigenvalue weighted by Gasteiger charge is -2.20. The Balaban J connectivity index is 2.07. The number of rotatable bonds is 4. The van der Waals surface area contributed by atoms with Crippen molar-refractivity contribution in [3.05, 3.63) is 57.3 Å². The predicted octanol–water partition coefficient (Wildman–Crippen LogP) is 4.88. The van der Waals surface area contributed by atoms with E-state index in [1.54, 1.807) is 11.3 Å². The molecular weight excluding hydrogens is 264 g/mol. The minimum atomic E-state index is -0.410. The van der Waals surface area contributed by atoms with Gasteiger partial charge in [0.05, 0.1) is 6.10 Å². The smallest absolute Gasteiger partial charge is 0.0838 e. The summed E-state index contributed by atoms with van der Waals surface area (Å²) in [4.78, 5) is 2.64. The van der Waals surface area contributed by atoms with Gasteiger partial charge in [-0.15, -0.1) is 11.3 Å². The van der Waals surface area contributed by atoms with E-state index >= 15 is 0 Å². The summed E-state index contributed by atoms with van der Waals surface area (Å²) in [6.45, 7) is 8.78. The van der Waals surface area contributed by atoms with Crippen LogP contribution in [0.25, 0.3) is 0 Å². The molecule has 1 N–H and O–H groups in total. The fourth-order valence-electron chi connectivity index (χ4n) is 2.24. The molecule has 1 unspecified atom stereocenters. The minimum Gasteiger partial charge on any atom is -0.388 e. The summed E-state index contributed by atoms with van der Waals surface area (Å²) in [5.41, 5.74) is 2.47. The van der Waals surface area contributed by atoms with E-state index in [1.165, 1.54) is 15.3 Å². The molecule has 1 heterocycles. The Labute approximate surface area is 126 Å². The SMILES string of the molecule is CCc1ccc(CC(O)c2ccc(C(C)(C)C)cc2)s1. The normalized spacial score (nSPS) is 13.4. The van der Waals surface area contributed by atoms with E-state index < -0.39 is 6.10 Å². The maximum atomic E-state index is 10.4. The number of hydrogen-bond acceptors (Lipinski definition) is 2. The van der Waals surface area contributed by atoms with Crippen LogP contribution >= 0.6 is 11.3 Å². The minimum absolute atomic E-state index is 0.160. The summed E-state index contributed by atoms with van der Waals surface area (Å²) in [5, 5.41) is 10.4. The lowest BCUT2D eigenvalue weighted by atomic mass is 9.86. The second kappa shape index (κ2) is 6.11. The van der Waals surface area contributed by atoms with Crippen LogP contribution in [0.5, 0.6) is 0 Å². The molecule has 0 saturated carbocycles. The molecule has 108 valence electrons. The summed E-state index contributed by atoms with van der Waals surface area (Å²) in [6, 6.07) is 12.7. The van der Waals surface area contributed by atoms with Gasteiger partial charge in [0.15, 0.2) is 0 Å². The molecule has 2 aromatic rings. The second-order valence-electron chi connectivity index (χ2n) is 6.31. The van der Waals surface area contributed by atoms with Crippen LogP contribution in [-0.4, -0.2) is 5.11 Å². The summed E-state index contributed by atoms with van der Waals surface area (Å²) in [6.07, 6.45) is 1.37. The highest BCUT2D eigenvalue weighted by molar-refractivity contribution is 7.11. The zero-order chi connectivity index (χ0) is 14.8. The van der Waals surface area contributed by atoms with Crippen LogP contribution in [0.15, 0.2) is 36.4 Å². The van der Waals surface area contributed by atoms with Gasteiger partial charge < -0.3 is 5.11 Å². The first-order valence-electron chi connectivity index (χ1n) is 7.26. The highest BCUT2D eigenvalue weighted by atomic mass is 32.1. The van der Waals surface area contributed by atoms with Gasteiger partial charge in [0, 0.05) is 16.2 Å². The van der Waals surface area contributed by atoms with E-state index in [2.05, 4.69) is 64.1 Å². The Hall–Kier alpha value is -1.12. The second-order valence-corrected chi connectivity index (χ2v) is 7.57. The highest BCUT2D eigenvalue weighted by Gasteiger charge is 2.15. The molecule has 0 aliphatic heterocycles. The van der Waals surface area contributed by atoms with Gasteiger partial charge in [-0.25, -0.2) is 0 Å². The predicted molar refractivity (Wildman–Crippen MR) is 87.5 cm³/mol. The van der Waals surface area contributed by atoms with Crippen LogP contribution in [0.3, 0.4) is 0 Å². The fourth-order valence-corrected chi connectivity index (χ4v) is 3.23. The van der Waals surface area contributed by atoms with Gasteiger partial charge in [-0.05, 0) is 35.1 Å². The van der Waals surface area contributed by atoms with Gasteiger partial charge in [0.2, 0.25) is 0 Å². The first-order valence-corrected chi connectivity index (χ1v) is 8.08. The van der Waals surface area contributed by atoms with Crippen LogP contribution in [0.1, 0.15) is 54.7 Å². The number of aliphatic hydroxyl groups excluding tert-OH is 1. The lowest BCUT2D eigenvalue weighted by Crippen LogP contribution is -2.11. The third-order valence-corrected chi connectivity index (χ3v) is 4.87. The molecule has 0 aliphatic rings. The quantitative estimate of drug-likeness (QED) is 0.849. The number of aryl methyl sites for hydroxylation is 1. The van der Waals surface area contributed by atoms with Crippen LogP contribution in [0.2, 0.25) is 0 Å². The molecule has 0 fully saturated rings. The molecule has 2 rings (SSSR count). The fraction of sp³-hybridized carbons (Fsp3) is 0.444. The molecule has 20 heavy (non-hydrogen) atoms. The standard InChI is InChI=1S/C18H24OS/c1-5-15-10-11-16(20-15)12-17(19)13-6-8-14(9-7-13)18(2,3)4/h6-11,17,19H,5,12H2,1-4H3. The molecule has 1 aromatic heterocycles. The maximum absolute atomic E-state index is 10.4. The molecule has 1 atom stereocenters. The van der Waals surface area contributed by atoms with Crippen molar-refractivity contribution in [1.29, 1.82) is 0 Å². The van der Waals surface area contributed by atoms with E-state index in [1.807, 2.05) is 0 Å². The molecule has 0 bridgehead atoms. The van der Waals surface area contributed by atoms with Gasteiger partial charge in [0.1, 0.15) is 0 Å². The van der Waals surface area contributed by atoms with Crippen molar-refractivity contribution in [2.24, 2.45) is 0 Å². The third kappa shape index (κ3) is 3.71. The van der Waals surface area contributed by atoms with Gasteiger partial charge in [-0.2, -0.15) is 0 Å². The topological polar surface area (TPSA) is 20.2 Å². The van der Waals surface area contributed by atoms with Crippen molar-refractivity contribution >= 4 is 11.3 Å². The summed E-state index contributed by atoms with van der Waals surface area (Å²) in [5.74, 6) is 0. The Morgan fingerprint density at radius 1 is 1.00 bits per heavy atom. The van der Waals surface area contributed by atoms with Crippen molar-refractivity contribution in [2.75, 3.05) is 0 Å². The molecule has 0 radical (unpaired) electrons. The van der Waals surface area contributed by atoms with Crippen molar-refractivity contribution in [3.8, 4) is 0 Å². The first-order chi connectivity index (χ1) is 9.40. The van der Waals surface area contributed by atoms with E-state index in [-0.39, 0.29) is 5.41 Å². The molecule has 0 amide bonds. The Kier molecular flexibility index (Phi) is 4.66. The lowest BCUT2D eigenvalue weighted by molar-refractivity contribution is 0.179. The first kappa shape index (κ1) is 15.3. The average Bonchev–Trinajstić information content (AvgIpc) is 2.85. The number of thiophene rings is 1. The van der Waals surface area contributed by atoms with Gasteiger partial charge in [0.25, 0.3) is 0 Å². The summed E-state index contributed by atoms with van der Waals surface area (Å²) < 4.78 is 0. The zero-order valence-electron chi connectivity index (χ0n) is 12.8. The monoisotopic (exact) mass is 288 g/mol. The summed E-state index contributed by atoms with van der Waals surface area (Å²) in [7, 11) is 0. The molecule has 0 saturated heterocycles. The van der Waals surface area contributed by atoms with E-state index in [4.69, 9.17) is 0 Å². The Morgan fingerprint density at radius 2 is 1.60 bits per heavy atom. The number of aliphatic hydroxyl groups is 1. The van der Waals surface area contributed by atoms with E-state index in [0.717, 1.165) is 12.0 Å². The molecular formula is C18H24OS. The van der Waals surface area contributed by atoms with Crippen LogP contribution in [-0.2, 0) is 18.3 Å². The maximum Gasteiger partial charge on any atom is 0.0838 e. The summed E-state index contributed by atoms with van der Waals surface area (Å²) >= 11 is 1.80. The zero-order valence-corrected chi connectivity index (χ0v) is 13.6. The van der Waals surface area contributed by atoms with Crippen LogP contribution in [0, 0.1) is 0 Å². The highest BCUT2D eigenvalue weighted by Crippen LogP contribution is 2.27. The van der Waals surface area contributed by atoms with Gasteiger partial charge in [-0.3, -0.25) is 0 Å². The number of benzene rings is 1. The van der Waals surface area contributed by atoms with E-state index in [9.17, 15) is 5.11 Å². The van der Waals surface area contributed by atoms with Crippen molar-refractivity contribution in [2.45, 2.75) is 52.1 Å². The number of hydrogen-bond donors (Lipinski definition) is 1. The van der Waals surface area contributed by atoms with Crippen molar-refractivity contribution in [3.63, 3.8) is 0 Å². The van der Waals surface area contributed by atoms with Gasteiger partial charge >= 0.3 is 0 Å². The molecule has 2 heteroatoms. The Bertz CT molecular complexity index is 546.